The van der Waals surface area contributed by atoms with Gasteiger partial charge >= 0.3 is 7.12 Å². The molecule has 0 saturated carbocycles. The Balaban J connectivity index is 2.80. The number of rotatable bonds is 1. The Morgan fingerprint density at radius 1 is 1.50 bits per heavy atom. The molecule has 1 aliphatic rings. The van der Waals surface area contributed by atoms with Crippen LogP contribution in [0.15, 0.2) is 11.5 Å². The van der Waals surface area contributed by atoms with Crippen LogP contribution in [0.2, 0.25) is 0 Å². The highest BCUT2D eigenvalue weighted by molar-refractivity contribution is 6.50. The minimum absolute atomic E-state index is 0.128. The third-order valence-corrected chi connectivity index (χ3v) is 2.14. The lowest BCUT2D eigenvalue weighted by molar-refractivity contribution is 0.121. The standard InChI is InChI=1S/C8H15BO3/c1-8(2)4-6(9(11)12)3-7(10)5-8/h4,7,10-12H,3,5H2,1-2H3. The molecule has 1 rings (SSSR count). The van der Waals surface area contributed by atoms with E-state index in [1.165, 1.54) is 0 Å². The number of hydrogen-bond donors (Lipinski definition) is 3. The van der Waals surface area contributed by atoms with Crippen LogP contribution in [0.4, 0.5) is 0 Å². The van der Waals surface area contributed by atoms with Gasteiger partial charge in [0.05, 0.1) is 6.10 Å². The predicted molar refractivity (Wildman–Crippen MR) is 47.3 cm³/mol. The zero-order chi connectivity index (χ0) is 9.35. The van der Waals surface area contributed by atoms with Crippen molar-refractivity contribution in [2.24, 2.45) is 5.41 Å². The van der Waals surface area contributed by atoms with Gasteiger partial charge in [-0.2, -0.15) is 0 Å². The third kappa shape index (κ3) is 2.34. The molecular weight excluding hydrogens is 155 g/mol. The number of allylic oxidation sites excluding steroid dienone is 1. The minimum Gasteiger partial charge on any atom is -0.423 e. The highest BCUT2D eigenvalue weighted by Crippen LogP contribution is 2.33. The topological polar surface area (TPSA) is 60.7 Å². The summed E-state index contributed by atoms with van der Waals surface area (Å²) < 4.78 is 0. The molecule has 68 valence electrons. The first-order chi connectivity index (χ1) is 5.41. The van der Waals surface area contributed by atoms with Crippen molar-refractivity contribution >= 4 is 7.12 Å². The van der Waals surface area contributed by atoms with E-state index in [0.717, 1.165) is 0 Å². The first-order valence-corrected chi connectivity index (χ1v) is 4.16. The largest absolute Gasteiger partial charge is 0.483 e. The predicted octanol–water partition coefficient (Wildman–Crippen LogP) is 0.106. The summed E-state index contributed by atoms with van der Waals surface area (Å²) >= 11 is 0. The third-order valence-electron chi connectivity index (χ3n) is 2.14. The normalized spacial score (nSPS) is 28.1. The molecule has 3 N–H and O–H groups in total. The molecule has 0 aromatic carbocycles. The van der Waals surface area contributed by atoms with Gasteiger partial charge in [-0.1, -0.05) is 19.9 Å². The lowest BCUT2D eigenvalue weighted by atomic mass is 9.66. The molecule has 0 aromatic heterocycles. The van der Waals surface area contributed by atoms with E-state index in [9.17, 15) is 5.11 Å². The van der Waals surface area contributed by atoms with Crippen LogP contribution >= 0.6 is 0 Å². The first-order valence-electron chi connectivity index (χ1n) is 4.16. The molecule has 0 aromatic rings. The van der Waals surface area contributed by atoms with Gasteiger partial charge in [0.15, 0.2) is 0 Å². The van der Waals surface area contributed by atoms with E-state index in [1.54, 1.807) is 0 Å². The smallest absolute Gasteiger partial charge is 0.423 e. The molecule has 0 fully saturated rings. The fourth-order valence-corrected chi connectivity index (χ4v) is 1.75. The molecule has 0 heterocycles. The van der Waals surface area contributed by atoms with Crippen LogP contribution in [-0.2, 0) is 0 Å². The molecule has 0 spiro atoms. The summed E-state index contributed by atoms with van der Waals surface area (Å²) in [6, 6.07) is 0. The van der Waals surface area contributed by atoms with Crippen LogP contribution in [0.1, 0.15) is 26.7 Å². The Bertz CT molecular complexity index is 198. The maximum absolute atomic E-state index is 9.40. The molecular formula is C8H15BO3. The lowest BCUT2D eigenvalue weighted by Crippen LogP contribution is -2.30. The molecule has 0 radical (unpaired) electrons. The van der Waals surface area contributed by atoms with Crippen LogP contribution in [0, 0.1) is 5.41 Å². The second-order valence-corrected chi connectivity index (χ2v) is 4.14. The van der Waals surface area contributed by atoms with E-state index in [-0.39, 0.29) is 5.41 Å². The van der Waals surface area contributed by atoms with Gasteiger partial charge in [-0.15, -0.1) is 0 Å². The van der Waals surface area contributed by atoms with Crippen LogP contribution in [0.25, 0.3) is 0 Å². The van der Waals surface area contributed by atoms with Crippen molar-refractivity contribution in [2.75, 3.05) is 0 Å². The van der Waals surface area contributed by atoms with E-state index in [4.69, 9.17) is 10.0 Å². The van der Waals surface area contributed by atoms with Crippen LogP contribution in [-0.4, -0.2) is 28.4 Å². The summed E-state index contributed by atoms with van der Waals surface area (Å²) in [5.41, 5.74) is 0.398. The Morgan fingerprint density at radius 2 is 2.08 bits per heavy atom. The average Bonchev–Trinajstić information content (AvgIpc) is 1.82. The van der Waals surface area contributed by atoms with Crippen LogP contribution in [0.3, 0.4) is 0 Å². The highest BCUT2D eigenvalue weighted by Gasteiger charge is 2.30. The maximum Gasteiger partial charge on any atom is 0.483 e. The summed E-state index contributed by atoms with van der Waals surface area (Å²) in [7, 11) is -1.42. The van der Waals surface area contributed by atoms with E-state index >= 15 is 0 Å². The molecule has 1 aliphatic carbocycles. The quantitative estimate of drug-likeness (QED) is 0.489. The number of hydrogen-bond acceptors (Lipinski definition) is 3. The van der Waals surface area contributed by atoms with E-state index in [0.29, 0.717) is 18.3 Å². The maximum atomic E-state index is 9.40. The summed E-state index contributed by atoms with van der Waals surface area (Å²) in [4.78, 5) is 0. The van der Waals surface area contributed by atoms with Gasteiger partial charge in [-0.25, -0.2) is 0 Å². The first kappa shape index (κ1) is 9.77. The van der Waals surface area contributed by atoms with Gasteiger partial charge in [-0.05, 0) is 23.7 Å². The summed E-state index contributed by atoms with van der Waals surface area (Å²) in [6.07, 6.45) is 2.45. The van der Waals surface area contributed by atoms with Crippen molar-refractivity contribution in [1.29, 1.82) is 0 Å². The van der Waals surface area contributed by atoms with Gasteiger partial charge in [0.25, 0.3) is 0 Å². The van der Waals surface area contributed by atoms with Gasteiger partial charge in [0.2, 0.25) is 0 Å². The van der Waals surface area contributed by atoms with Gasteiger partial charge in [-0.3, -0.25) is 0 Å². The highest BCUT2D eigenvalue weighted by atomic mass is 16.4. The van der Waals surface area contributed by atoms with E-state index in [2.05, 4.69) is 0 Å². The van der Waals surface area contributed by atoms with E-state index < -0.39 is 13.2 Å². The fourth-order valence-electron chi connectivity index (χ4n) is 1.75. The molecule has 1 atom stereocenters. The van der Waals surface area contributed by atoms with Crippen molar-refractivity contribution < 1.29 is 15.2 Å². The van der Waals surface area contributed by atoms with Crippen LogP contribution in [0.5, 0.6) is 0 Å². The monoisotopic (exact) mass is 170 g/mol. The fraction of sp³-hybridized carbons (Fsp3) is 0.750. The molecule has 4 heteroatoms. The minimum atomic E-state index is -1.42. The number of aliphatic hydroxyl groups is 1. The second kappa shape index (κ2) is 3.20. The van der Waals surface area contributed by atoms with Gasteiger partial charge in [0, 0.05) is 0 Å². The molecule has 3 nitrogen and oxygen atoms in total. The van der Waals surface area contributed by atoms with Crippen molar-refractivity contribution in [3.05, 3.63) is 11.5 Å². The second-order valence-electron chi connectivity index (χ2n) is 4.14. The SMILES string of the molecule is CC1(C)C=C(B(O)O)CC(O)C1. The lowest BCUT2D eigenvalue weighted by Gasteiger charge is -2.30. The summed E-state index contributed by atoms with van der Waals surface area (Å²) in [5, 5.41) is 27.2. The molecule has 0 amide bonds. The van der Waals surface area contributed by atoms with Gasteiger partial charge < -0.3 is 15.2 Å². The molecule has 0 saturated heterocycles. The van der Waals surface area contributed by atoms with Crippen molar-refractivity contribution in [1.82, 2.24) is 0 Å². The number of aliphatic hydroxyl groups excluding tert-OH is 1. The molecule has 0 bridgehead atoms. The van der Waals surface area contributed by atoms with Crippen molar-refractivity contribution in [3.8, 4) is 0 Å². The van der Waals surface area contributed by atoms with Crippen LogP contribution < -0.4 is 0 Å². The Morgan fingerprint density at radius 3 is 2.50 bits per heavy atom. The molecule has 0 aliphatic heterocycles. The Labute approximate surface area is 72.9 Å². The van der Waals surface area contributed by atoms with Crippen molar-refractivity contribution in [2.45, 2.75) is 32.8 Å². The van der Waals surface area contributed by atoms with Gasteiger partial charge in [0.1, 0.15) is 0 Å². The summed E-state index contributed by atoms with van der Waals surface area (Å²) in [6.45, 7) is 3.94. The molecule has 12 heavy (non-hydrogen) atoms. The van der Waals surface area contributed by atoms with Crippen molar-refractivity contribution in [3.63, 3.8) is 0 Å². The Hall–Kier alpha value is -0.315. The Kier molecular flexibility index (Phi) is 2.61. The zero-order valence-corrected chi connectivity index (χ0v) is 7.49. The zero-order valence-electron chi connectivity index (χ0n) is 7.49. The average molecular weight is 170 g/mol. The summed E-state index contributed by atoms with van der Waals surface area (Å²) in [5.74, 6) is 0. The molecule has 1 unspecified atom stereocenters. The van der Waals surface area contributed by atoms with E-state index in [1.807, 2.05) is 19.9 Å².